The fourth-order valence-corrected chi connectivity index (χ4v) is 3.14. The van der Waals surface area contributed by atoms with Gasteiger partial charge < -0.3 is 15.2 Å². The summed E-state index contributed by atoms with van der Waals surface area (Å²) in [6, 6.07) is 5.39. The van der Waals surface area contributed by atoms with Gasteiger partial charge in [-0.3, -0.25) is 4.79 Å². The molecule has 1 fully saturated rings. The lowest BCUT2D eigenvalue weighted by Crippen LogP contribution is -2.30. The van der Waals surface area contributed by atoms with Gasteiger partial charge in [0.1, 0.15) is 17.9 Å². The molecule has 2 rings (SSSR count). The van der Waals surface area contributed by atoms with Crippen molar-refractivity contribution in [2.24, 2.45) is 0 Å². The lowest BCUT2D eigenvalue weighted by atomic mass is 10.1. The Morgan fingerprint density at radius 2 is 2.13 bits per heavy atom. The molecule has 1 aliphatic heterocycles. The quantitative estimate of drug-likeness (QED) is 0.666. The van der Waals surface area contributed by atoms with Gasteiger partial charge in [0.25, 0.3) is 0 Å². The molecule has 128 valence electrons. The van der Waals surface area contributed by atoms with E-state index < -0.39 is 12.0 Å². The normalized spacial score (nSPS) is 20.6. The number of unbranched alkanes of at least 4 members (excludes halogenated alkanes) is 4. The second kappa shape index (κ2) is 9.14. The Kier molecular flexibility index (Phi) is 7.18. The average Bonchev–Trinajstić information content (AvgIpc) is 2.98. The van der Waals surface area contributed by atoms with Crippen molar-refractivity contribution in [1.29, 1.82) is 0 Å². The van der Waals surface area contributed by atoms with Crippen LogP contribution in [0.1, 0.15) is 51.0 Å². The second-order valence-electron chi connectivity index (χ2n) is 6.20. The highest BCUT2D eigenvalue weighted by molar-refractivity contribution is 6.32. The molecule has 2 N–H and O–H groups in total. The maximum absolute atomic E-state index is 10.9. The highest BCUT2D eigenvalue weighted by atomic mass is 35.5. The Hall–Kier alpha value is -1.26. The van der Waals surface area contributed by atoms with Crippen molar-refractivity contribution in [3.8, 4) is 5.75 Å². The molecule has 23 heavy (non-hydrogen) atoms. The molecule has 0 aliphatic carbocycles. The summed E-state index contributed by atoms with van der Waals surface area (Å²) in [4.78, 5) is 10.9. The van der Waals surface area contributed by atoms with Gasteiger partial charge in [-0.05, 0) is 30.5 Å². The monoisotopic (exact) mass is 339 g/mol. The minimum Gasteiger partial charge on any atom is -0.487 e. The molecular formula is C18H26ClNO3. The molecule has 0 unspecified atom stereocenters. The van der Waals surface area contributed by atoms with Gasteiger partial charge in [0.2, 0.25) is 0 Å². The van der Waals surface area contributed by atoms with Gasteiger partial charge in [-0.2, -0.15) is 0 Å². The molecule has 5 heteroatoms. The first kappa shape index (κ1) is 18.1. The van der Waals surface area contributed by atoms with E-state index in [1.807, 2.05) is 12.1 Å². The third kappa shape index (κ3) is 5.70. The van der Waals surface area contributed by atoms with Gasteiger partial charge in [-0.15, -0.1) is 0 Å². The zero-order valence-electron chi connectivity index (χ0n) is 13.7. The molecule has 1 aromatic carbocycles. The van der Waals surface area contributed by atoms with Gasteiger partial charge >= 0.3 is 5.97 Å². The van der Waals surface area contributed by atoms with Crippen molar-refractivity contribution in [3.63, 3.8) is 0 Å². The molecule has 0 bridgehead atoms. The van der Waals surface area contributed by atoms with Crippen molar-refractivity contribution >= 4 is 17.6 Å². The van der Waals surface area contributed by atoms with E-state index in [0.717, 1.165) is 6.42 Å². The molecule has 0 saturated carbocycles. The highest BCUT2D eigenvalue weighted by Crippen LogP contribution is 2.28. The zero-order valence-corrected chi connectivity index (χ0v) is 14.4. The van der Waals surface area contributed by atoms with E-state index in [2.05, 4.69) is 18.3 Å². The van der Waals surface area contributed by atoms with Crippen LogP contribution in [0.5, 0.6) is 5.75 Å². The van der Waals surface area contributed by atoms with Gasteiger partial charge in [-0.1, -0.05) is 50.3 Å². The van der Waals surface area contributed by atoms with E-state index in [0.29, 0.717) is 23.7 Å². The summed E-state index contributed by atoms with van der Waals surface area (Å²) in [5.74, 6) is -0.195. The van der Waals surface area contributed by atoms with E-state index in [9.17, 15) is 4.79 Å². The molecule has 4 nitrogen and oxygen atoms in total. The number of hydrogen-bond acceptors (Lipinski definition) is 3. The lowest BCUT2D eigenvalue weighted by Gasteiger charge is -2.14. The van der Waals surface area contributed by atoms with E-state index >= 15 is 0 Å². The molecule has 2 atom stereocenters. The summed E-state index contributed by atoms with van der Waals surface area (Å²) in [5, 5.41) is 12.5. The third-order valence-corrected chi connectivity index (χ3v) is 4.54. The average molecular weight is 340 g/mol. The van der Waals surface area contributed by atoms with Crippen molar-refractivity contribution in [3.05, 3.63) is 28.8 Å². The maximum atomic E-state index is 10.9. The molecule has 1 aliphatic rings. The van der Waals surface area contributed by atoms with E-state index in [1.54, 1.807) is 0 Å². The van der Waals surface area contributed by atoms with Crippen LogP contribution in [0.15, 0.2) is 18.2 Å². The number of halogens is 1. The number of benzene rings is 1. The fourth-order valence-electron chi connectivity index (χ4n) is 2.89. The van der Waals surface area contributed by atoms with Crippen molar-refractivity contribution < 1.29 is 14.6 Å². The number of hydrogen-bond donors (Lipinski definition) is 2. The maximum Gasteiger partial charge on any atom is 0.320 e. The van der Waals surface area contributed by atoms with Gasteiger partial charge in [0.05, 0.1) is 5.02 Å². The summed E-state index contributed by atoms with van der Waals surface area (Å²) < 4.78 is 5.84. The van der Waals surface area contributed by atoms with Crippen LogP contribution in [0.25, 0.3) is 0 Å². The Labute approximate surface area is 143 Å². The summed E-state index contributed by atoms with van der Waals surface area (Å²) in [6.45, 7) is 2.75. The summed E-state index contributed by atoms with van der Waals surface area (Å²) in [7, 11) is 0. The van der Waals surface area contributed by atoms with Crippen LogP contribution in [0, 0.1) is 0 Å². The first-order valence-electron chi connectivity index (χ1n) is 8.51. The molecule has 0 amide bonds. The largest absolute Gasteiger partial charge is 0.487 e. The number of aryl methyl sites for hydroxylation is 1. The predicted molar refractivity (Wildman–Crippen MR) is 92.4 cm³/mol. The number of carboxylic acid groups (broad SMARTS) is 1. The number of aliphatic carboxylic acids is 1. The molecule has 1 saturated heterocycles. The standard InChI is InChI=1S/C18H26ClNO3/c1-2-3-4-5-6-7-13-8-9-17(15(19)10-13)23-14-11-16(18(21)22)20-12-14/h8-10,14,16,20H,2-7,11-12H2,1H3,(H,21,22)/t14-,16-/m0/s1. The van der Waals surface area contributed by atoms with Crippen LogP contribution in [-0.4, -0.2) is 29.8 Å². The van der Waals surface area contributed by atoms with Crippen LogP contribution < -0.4 is 10.1 Å². The second-order valence-corrected chi connectivity index (χ2v) is 6.61. The Bertz CT molecular complexity index is 521. The van der Waals surface area contributed by atoms with E-state index in [4.69, 9.17) is 21.4 Å². The Morgan fingerprint density at radius 3 is 2.78 bits per heavy atom. The molecule has 0 spiro atoms. The van der Waals surface area contributed by atoms with Gasteiger partial charge in [0, 0.05) is 13.0 Å². The van der Waals surface area contributed by atoms with Gasteiger partial charge in [0.15, 0.2) is 0 Å². The summed E-state index contributed by atoms with van der Waals surface area (Å²) >= 11 is 6.31. The first-order chi connectivity index (χ1) is 11.1. The number of nitrogens with one attached hydrogen (secondary N) is 1. The van der Waals surface area contributed by atoms with E-state index in [1.165, 1.54) is 37.7 Å². The van der Waals surface area contributed by atoms with Crippen LogP contribution in [0.3, 0.4) is 0 Å². The summed E-state index contributed by atoms with van der Waals surface area (Å²) in [6.07, 6.45) is 7.66. The third-order valence-electron chi connectivity index (χ3n) is 4.25. The molecular weight excluding hydrogens is 314 g/mol. The van der Waals surface area contributed by atoms with Crippen LogP contribution >= 0.6 is 11.6 Å². The smallest absolute Gasteiger partial charge is 0.320 e. The molecule has 0 aromatic heterocycles. The minimum absolute atomic E-state index is 0.145. The van der Waals surface area contributed by atoms with Crippen molar-refractivity contribution in [1.82, 2.24) is 5.32 Å². The minimum atomic E-state index is -0.833. The van der Waals surface area contributed by atoms with E-state index in [-0.39, 0.29) is 6.10 Å². The van der Waals surface area contributed by atoms with Crippen molar-refractivity contribution in [2.75, 3.05) is 6.54 Å². The predicted octanol–water partition coefficient (Wildman–Crippen LogP) is 4.05. The van der Waals surface area contributed by atoms with Crippen LogP contribution in [0.4, 0.5) is 0 Å². The zero-order chi connectivity index (χ0) is 16.7. The summed E-state index contributed by atoms with van der Waals surface area (Å²) in [5.41, 5.74) is 1.23. The van der Waals surface area contributed by atoms with Gasteiger partial charge in [-0.25, -0.2) is 0 Å². The number of carbonyl (C=O) groups is 1. The Morgan fingerprint density at radius 1 is 1.35 bits per heavy atom. The van der Waals surface area contributed by atoms with Crippen LogP contribution in [0.2, 0.25) is 5.02 Å². The number of rotatable bonds is 9. The number of ether oxygens (including phenoxy) is 1. The fraction of sp³-hybridized carbons (Fsp3) is 0.611. The molecule has 0 radical (unpaired) electrons. The highest BCUT2D eigenvalue weighted by Gasteiger charge is 2.30. The van der Waals surface area contributed by atoms with Crippen LogP contribution in [-0.2, 0) is 11.2 Å². The number of carboxylic acids is 1. The lowest BCUT2D eigenvalue weighted by molar-refractivity contribution is -0.139. The molecule has 1 aromatic rings. The topological polar surface area (TPSA) is 58.6 Å². The first-order valence-corrected chi connectivity index (χ1v) is 8.89. The molecule has 1 heterocycles. The Balaban J connectivity index is 1.81. The SMILES string of the molecule is CCCCCCCc1ccc(O[C@@H]2CN[C@H](C(=O)O)C2)c(Cl)c1. The van der Waals surface area contributed by atoms with Crippen molar-refractivity contribution in [2.45, 2.75) is 64.0 Å².